The average Bonchev–Trinajstić information content (AvgIpc) is 3.11. The number of amides is 1. The molecule has 10 nitrogen and oxygen atoms in total. The highest BCUT2D eigenvalue weighted by Crippen LogP contribution is 2.52. The van der Waals surface area contributed by atoms with Gasteiger partial charge in [-0.15, -0.1) is 0 Å². The van der Waals surface area contributed by atoms with Crippen LogP contribution in [0, 0.1) is 11.8 Å². The van der Waals surface area contributed by atoms with Gasteiger partial charge in [0.25, 0.3) is 0 Å². The van der Waals surface area contributed by atoms with Crippen molar-refractivity contribution < 1.29 is 43.2 Å². The lowest BCUT2D eigenvalue weighted by molar-refractivity contribution is -0.162. The Hall–Kier alpha value is -2.98. The maximum Gasteiger partial charge on any atom is 0.339 e. The number of esters is 3. The van der Waals surface area contributed by atoms with E-state index in [1.54, 1.807) is 6.92 Å². The van der Waals surface area contributed by atoms with Crippen LogP contribution in [0.15, 0.2) is 30.3 Å². The first-order valence-electron chi connectivity index (χ1n) is 11.6. The average molecular weight is 492 g/mol. The summed E-state index contributed by atoms with van der Waals surface area (Å²) in [6.07, 6.45) is -1.70. The van der Waals surface area contributed by atoms with Crippen LogP contribution in [-0.2, 0) is 44.7 Å². The van der Waals surface area contributed by atoms with Crippen LogP contribution in [0.5, 0.6) is 0 Å². The third-order valence-electron chi connectivity index (χ3n) is 7.09. The minimum Gasteiger partial charge on any atom is -0.463 e. The Balaban J connectivity index is 1.79. The summed E-state index contributed by atoms with van der Waals surface area (Å²) in [5.74, 6) is -3.86. The predicted octanol–water partition coefficient (Wildman–Crippen LogP) is 1.23. The number of ether oxygens (including phenoxy) is 4. The van der Waals surface area contributed by atoms with Crippen LogP contribution in [0.1, 0.15) is 39.7 Å². The minimum atomic E-state index is -1.95. The molecule has 0 spiro atoms. The fraction of sp³-hybridized carbons (Fsp3) is 0.600. The summed E-state index contributed by atoms with van der Waals surface area (Å²) in [5.41, 5.74) is -2.86. The third kappa shape index (κ3) is 4.77. The number of fused-ring (bicyclic) bond motifs is 1. The standard InChI is InChI=1S/C25H33NO9/c1-15(20(34-18(4)28)13-32-12-19-9-7-6-8-10-19)11-21-25(31)16(2)22(29)26(5)24(25,23(30)35-21)14-33-17(3)27/h6-10,15-16,20-21,31H,11-14H2,1-5H3/t15-,16+,20+,21+,24-,25-/m1/s1. The number of hydrogen-bond donors (Lipinski definition) is 1. The summed E-state index contributed by atoms with van der Waals surface area (Å²) in [4.78, 5) is 50.3. The molecule has 10 heteroatoms. The molecule has 6 atom stereocenters. The van der Waals surface area contributed by atoms with Crippen molar-refractivity contribution in [3.05, 3.63) is 35.9 Å². The lowest BCUT2D eigenvalue weighted by atomic mass is 9.72. The molecule has 2 saturated heterocycles. The molecule has 0 radical (unpaired) electrons. The smallest absolute Gasteiger partial charge is 0.339 e. The van der Waals surface area contributed by atoms with Crippen LogP contribution in [0.25, 0.3) is 0 Å². The summed E-state index contributed by atoms with van der Waals surface area (Å²) in [7, 11) is 1.38. The van der Waals surface area contributed by atoms with Crippen molar-refractivity contribution in [2.45, 2.75) is 64.1 Å². The van der Waals surface area contributed by atoms with Crippen molar-refractivity contribution in [1.82, 2.24) is 4.90 Å². The first-order chi connectivity index (χ1) is 16.4. The molecule has 35 heavy (non-hydrogen) atoms. The second kappa shape index (κ2) is 10.3. The number of carbonyl (C=O) groups is 4. The number of likely N-dealkylation sites (N-methyl/N-ethyl adjacent to an activating group) is 1. The molecule has 1 aromatic rings. The van der Waals surface area contributed by atoms with Crippen molar-refractivity contribution in [3.63, 3.8) is 0 Å². The number of hydrogen-bond acceptors (Lipinski definition) is 9. The van der Waals surface area contributed by atoms with Gasteiger partial charge in [-0.3, -0.25) is 14.4 Å². The van der Waals surface area contributed by atoms with Crippen molar-refractivity contribution in [2.75, 3.05) is 20.3 Å². The third-order valence-corrected chi connectivity index (χ3v) is 7.09. The Morgan fingerprint density at radius 2 is 1.83 bits per heavy atom. The number of rotatable bonds is 10. The lowest BCUT2D eigenvalue weighted by Crippen LogP contribution is -2.64. The van der Waals surface area contributed by atoms with Crippen LogP contribution in [-0.4, -0.2) is 77.4 Å². The topological polar surface area (TPSA) is 129 Å². The summed E-state index contributed by atoms with van der Waals surface area (Å²) in [5, 5.41) is 11.8. The van der Waals surface area contributed by atoms with Gasteiger partial charge in [-0.1, -0.05) is 44.2 Å². The molecule has 192 valence electrons. The molecule has 1 aromatic carbocycles. The van der Waals surface area contributed by atoms with Gasteiger partial charge in [-0.2, -0.15) is 0 Å². The van der Waals surface area contributed by atoms with Crippen molar-refractivity contribution in [3.8, 4) is 0 Å². The largest absolute Gasteiger partial charge is 0.463 e. The molecule has 3 rings (SSSR count). The van der Waals surface area contributed by atoms with Crippen LogP contribution in [0.3, 0.4) is 0 Å². The predicted molar refractivity (Wildman–Crippen MR) is 122 cm³/mol. The number of aliphatic hydroxyl groups is 1. The van der Waals surface area contributed by atoms with Crippen LogP contribution in [0.2, 0.25) is 0 Å². The van der Waals surface area contributed by atoms with Gasteiger partial charge in [0.2, 0.25) is 11.4 Å². The van der Waals surface area contributed by atoms with E-state index >= 15 is 0 Å². The highest BCUT2D eigenvalue weighted by Gasteiger charge is 2.78. The number of benzene rings is 1. The second-order valence-corrected chi connectivity index (χ2v) is 9.34. The summed E-state index contributed by atoms with van der Waals surface area (Å²) in [6.45, 7) is 5.64. The molecule has 0 aromatic heterocycles. The molecular weight excluding hydrogens is 458 g/mol. The summed E-state index contributed by atoms with van der Waals surface area (Å²) < 4.78 is 21.9. The fourth-order valence-electron chi connectivity index (χ4n) is 5.05. The van der Waals surface area contributed by atoms with E-state index in [-0.39, 0.29) is 13.0 Å². The quantitative estimate of drug-likeness (QED) is 0.379. The van der Waals surface area contributed by atoms with Crippen molar-refractivity contribution in [2.24, 2.45) is 11.8 Å². The fourth-order valence-corrected chi connectivity index (χ4v) is 5.05. The van der Waals surface area contributed by atoms with Gasteiger partial charge in [-0.05, 0) is 17.9 Å². The Labute approximate surface area is 204 Å². The zero-order valence-electron chi connectivity index (χ0n) is 20.7. The summed E-state index contributed by atoms with van der Waals surface area (Å²) in [6, 6.07) is 9.51. The molecule has 2 fully saturated rings. The number of carbonyl (C=O) groups excluding carboxylic acids is 4. The van der Waals surface area contributed by atoms with Gasteiger partial charge >= 0.3 is 17.9 Å². The van der Waals surface area contributed by atoms with E-state index in [4.69, 9.17) is 18.9 Å². The zero-order chi connectivity index (χ0) is 26.0. The molecule has 2 aliphatic rings. The SMILES string of the molecule is CC(=O)OC[C@@]12C(=O)O[C@@H](C[C@@H](C)[C@H](COCc3ccccc3)OC(C)=O)[C@]1(O)[C@@H](C)C(=O)N2C. The van der Waals surface area contributed by atoms with Crippen molar-refractivity contribution >= 4 is 23.8 Å². The highest BCUT2D eigenvalue weighted by atomic mass is 16.6. The molecule has 2 heterocycles. The molecule has 1 N–H and O–H groups in total. The molecule has 0 unspecified atom stereocenters. The van der Waals surface area contributed by atoms with E-state index in [1.807, 2.05) is 30.3 Å². The van der Waals surface area contributed by atoms with E-state index in [1.165, 1.54) is 27.8 Å². The first-order valence-corrected chi connectivity index (χ1v) is 11.6. The molecule has 2 aliphatic heterocycles. The maximum atomic E-state index is 13.1. The molecule has 0 saturated carbocycles. The number of cyclic esters (lactones) is 1. The Morgan fingerprint density at radius 1 is 1.17 bits per heavy atom. The zero-order valence-corrected chi connectivity index (χ0v) is 20.7. The van der Waals surface area contributed by atoms with Gasteiger partial charge < -0.3 is 29.0 Å². The Morgan fingerprint density at radius 3 is 2.43 bits per heavy atom. The lowest BCUT2D eigenvalue weighted by Gasteiger charge is -2.38. The highest BCUT2D eigenvalue weighted by molar-refractivity contribution is 5.98. The minimum absolute atomic E-state index is 0.0850. The van der Waals surface area contributed by atoms with Crippen LogP contribution in [0.4, 0.5) is 0 Å². The molecule has 0 aliphatic carbocycles. The van der Waals surface area contributed by atoms with Gasteiger partial charge in [0.1, 0.15) is 18.8 Å². The number of likely N-dealkylation sites (tertiary alicyclic amines) is 1. The van der Waals surface area contributed by atoms with Gasteiger partial charge in [-0.25, -0.2) is 4.79 Å². The molecule has 1 amide bonds. The maximum absolute atomic E-state index is 13.1. The molecular formula is C25H33NO9. The van der Waals surface area contributed by atoms with Crippen LogP contribution >= 0.6 is 0 Å². The van der Waals surface area contributed by atoms with E-state index in [0.717, 1.165) is 10.5 Å². The van der Waals surface area contributed by atoms with E-state index in [9.17, 15) is 24.3 Å². The van der Waals surface area contributed by atoms with Crippen molar-refractivity contribution in [1.29, 1.82) is 0 Å². The van der Waals surface area contributed by atoms with Gasteiger partial charge in [0.15, 0.2) is 5.60 Å². The van der Waals surface area contributed by atoms with Crippen LogP contribution < -0.4 is 0 Å². The van der Waals surface area contributed by atoms with Gasteiger partial charge in [0.05, 0.1) is 19.1 Å². The summed E-state index contributed by atoms with van der Waals surface area (Å²) >= 11 is 0. The van der Waals surface area contributed by atoms with Gasteiger partial charge in [0, 0.05) is 20.9 Å². The number of nitrogens with zero attached hydrogens (tertiary/aromatic N) is 1. The van der Waals surface area contributed by atoms with E-state index in [2.05, 4.69) is 0 Å². The first kappa shape index (κ1) is 26.6. The second-order valence-electron chi connectivity index (χ2n) is 9.34. The van der Waals surface area contributed by atoms with E-state index < -0.39 is 65.6 Å². The normalized spacial score (nSPS) is 29.4. The Kier molecular flexibility index (Phi) is 7.86. The Bertz CT molecular complexity index is 967. The van der Waals surface area contributed by atoms with E-state index in [0.29, 0.717) is 6.61 Å². The molecule has 0 bridgehead atoms. The monoisotopic (exact) mass is 491 g/mol.